The van der Waals surface area contributed by atoms with Crippen molar-refractivity contribution in [3.8, 4) is 0 Å². The van der Waals surface area contributed by atoms with Crippen LogP contribution in [0.15, 0.2) is 24.3 Å². The van der Waals surface area contributed by atoms with Gasteiger partial charge in [-0.3, -0.25) is 9.69 Å². The highest BCUT2D eigenvalue weighted by atomic mass is 16.5. The van der Waals surface area contributed by atoms with Crippen molar-refractivity contribution < 1.29 is 9.53 Å². The van der Waals surface area contributed by atoms with E-state index in [1.807, 2.05) is 43.1 Å². The second-order valence-corrected chi connectivity index (χ2v) is 5.31. The predicted molar refractivity (Wildman–Crippen MR) is 79.9 cm³/mol. The van der Waals surface area contributed by atoms with E-state index in [0.717, 1.165) is 31.9 Å². The van der Waals surface area contributed by atoms with E-state index in [1.54, 1.807) is 0 Å². The van der Waals surface area contributed by atoms with Gasteiger partial charge in [-0.15, -0.1) is 0 Å². The molecule has 0 saturated carbocycles. The molecule has 1 fully saturated rings. The molecule has 110 valence electrons. The van der Waals surface area contributed by atoms with Crippen molar-refractivity contribution in [2.45, 2.75) is 13.0 Å². The van der Waals surface area contributed by atoms with Crippen LogP contribution in [0.1, 0.15) is 5.56 Å². The summed E-state index contributed by atoms with van der Waals surface area (Å²) >= 11 is 0. The molecule has 1 saturated heterocycles. The minimum atomic E-state index is 0.000113. The maximum atomic E-state index is 11.9. The minimum Gasteiger partial charge on any atom is -0.374 e. The number of aryl methyl sites for hydroxylation is 1. The third kappa shape index (κ3) is 4.92. The number of benzene rings is 1. The SMILES string of the molecule is Cc1ccc(NC(=O)CN(C)CC2CNCCO2)cc1. The summed E-state index contributed by atoms with van der Waals surface area (Å²) in [5.41, 5.74) is 2.02. The van der Waals surface area contributed by atoms with Crippen LogP contribution in [0, 0.1) is 6.92 Å². The number of amides is 1. The molecule has 2 N–H and O–H groups in total. The first-order valence-corrected chi connectivity index (χ1v) is 7.01. The summed E-state index contributed by atoms with van der Waals surface area (Å²) in [5.74, 6) is 0.000113. The molecule has 5 nitrogen and oxygen atoms in total. The Bertz CT molecular complexity index is 427. The third-order valence-corrected chi connectivity index (χ3v) is 3.27. The summed E-state index contributed by atoms with van der Waals surface area (Å²) in [6.45, 7) is 5.66. The number of hydrogen-bond acceptors (Lipinski definition) is 4. The number of carbonyl (C=O) groups excluding carboxylic acids is 1. The first-order chi connectivity index (χ1) is 9.63. The van der Waals surface area contributed by atoms with Crippen molar-refractivity contribution in [3.05, 3.63) is 29.8 Å². The molecule has 0 spiro atoms. The number of rotatable bonds is 5. The highest BCUT2D eigenvalue weighted by Gasteiger charge is 2.16. The van der Waals surface area contributed by atoms with E-state index in [2.05, 4.69) is 10.6 Å². The van der Waals surface area contributed by atoms with Gasteiger partial charge in [0.25, 0.3) is 0 Å². The zero-order valence-corrected chi connectivity index (χ0v) is 12.2. The second-order valence-electron chi connectivity index (χ2n) is 5.31. The maximum Gasteiger partial charge on any atom is 0.238 e. The molecular formula is C15H23N3O2. The highest BCUT2D eigenvalue weighted by Crippen LogP contribution is 2.08. The van der Waals surface area contributed by atoms with Gasteiger partial charge >= 0.3 is 0 Å². The molecule has 0 aliphatic carbocycles. The molecule has 1 heterocycles. The number of nitrogens with zero attached hydrogens (tertiary/aromatic N) is 1. The molecule has 0 aromatic heterocycles. The summed E-state index contributed by atoms with van der Waals surface area (Å²) in [5, 5.41) is 6.19. The van der Waals surface area contributed by atoms with Gasteiger partial charge in [0, 0.05) is 25.3 Å². The Hall–Kier alpha value is -1.43. The van der Waals surface area contributed by atoms with Crippen LogP contribution < -0.4 is 10.6 Å². The van der Waals surface area contributed by atoms with E-state index in [-0.39, 0.29) is 12.0 Å². The Balaban J connectivity index is 1.74. The molecule has 5 heteroatoms. The summed E-state index contributed by atoms with van der Waals surface area (Å²) in [7, 11) is 1.94. The van der Waals surface area contributed by atoms with Crippen LogP contribution >= 0.6 is 0 Å². The fourth-order valence-electron chi connectivity index (χ4n) is 2.23. The minimum absolute atomic E-state index is 0.000113. The Kier molecular flexibility index (Phi) is 5.52. The summed E-state index contributed by atoms with van der Waals surface area (Å²) in [4.78, 5) is 13.9. The molecule has 1 aromatic carbocycles. The topological polar surface area (TPSA) is 53.6 Å². The number of nitrogens with one attached hydrogen (secondary N) is 2. The van der Waals surface area contributed by atoms with Crippen LogP contribution in [0.3, 0.4) is 0 Å². The smallest absolute Gasteiger partial charge is 0.238 e. The maximum absolute atomic E-state index is 11.9. The van der Waals surface area contributed by atoms with Gasteiger partial charge in [0.1, 0.15) is 0 Å². The van der Waals surface area contributed by atoms with Gasteiger partial charge in [-0.1, -0.05) is 17.7 Å². The van der Waals surface area contributed by atoms with Crippen molar-refractivity contribution in [2.75, 3.05) is 45.2 Å². The van der Waals surface area contributed by atoms with Gasteiger partial charge < -0.3 is 15.4 Å². The molecule has 20 heavy (non-hydrogen) atoms. The van der Waals surface area contributed by atoms with Crippen LogP contribution in [0.5, 0.6) is 0 Å². The van der Waals surface area contributed by atoms with Crippen molar-refractivity contribution in [1.82, 2.24) is 10.2 Å². The summed E-state index contributed by atoms with van der Waals surface area (Å²) < 4.78 is 5.63. The highest BCUT2D eigenvalue weighted by molar-refractivity contribution is 5.92. The lowest BCUT2D eigenvalue weighted by molar-refractivity contribution is -0.117. The van der Waals surface area contributed by atoms with E-state index in [9.17, 15) is 4.79 Å². The molecule has 1 atom stereocenters. The van der Waals surface area contributed by atoms with E-state index >= 15 is 0 Å². The first-order valence-electron chi connectivity index (χ1n) is 7.01. The Morgan fingerprint density at radius 1 is 1.45 bits per heavy atom. The Morgan fingerprint density at radius 3 is 2.85 bits per heavy atom. The van der Waals surface area contributed by atoms with Gasteiger partial charge in [-0.2, -0.15) is 0 Å². The molecule has 0 radical (unpaired) electrons. The average molecular weight is 277 g/mol. The van der Waals surface area contributed by atoms with E-state index in [4.69, 9.17) is 4.74 Å². The molecular weight excluding hydrogens is 254 g/mol. The van der Waals surface area contributed by atoms with Gasteiger partial charge in [0.2, 0.25) is 5.91 Å². The lowest BCUT2D eigenvalue weighted by atomic mass is 10.2. The van der Waals surface area contributed by atoms with Crippen LogP contribution in [0.4, 0.5) is 5.69 Å². The number of ether oxygens (including phenoxy) is 1. The number of carbonyl (C=O) groups is 1. The van der Waals surface area contributed by atoms with Gasteiger partial charge in [0.05, 0.1) is 19.3 Å². The fraction of sp³-hybridized carbons (Fsp3) is 0.533. The van der Waals surface area contributed by atoms with Gasteiger partial charge in [-0.25, -0.2) is 0 Å². The zero-order valence-electron chi connectivity index (χ0n) is 12.2. The van der Waals surface area contributed by atoms with Crippen LogP contribution in [-0.2, 0) is 9.53 Å². The lowest BCUT2D eigenvalue weighted by Crippen LogP contribution is -2.45. The van der Waals surface area contributed by atoms with Crippen molar-refractivity contribution in [3.63, 3.8) is 0 Å². The Morgan fingerprint density at radius 2 is 2.20 bits per heavy atom. The molecule has 1 aromatic rings. The van der Waals surface area contributed by atoms with Crippen LogP contribution in [0.25, 0.3) is 0 Å². The van der Waals surface area contributed by atoms with Crippen molar-refractivity contribution in [2.24, 2.45) is 0 Å². The standard InChI is InChI=1S/C15H23N3O2/c1-12-3-5-13(6-4-12)17-15(19)11-18(2)10-14-9-16-7-8-20-14/h3-6,14,16H,7-11H2,1-2H3,(H,17,19). The normalized spacial score (nSPS) is 19.1. The number of hydrogen-bond donors (Lipinski definition) is 2. The molecule has 2 rings (SSSR count). The first kappa shape index (κ1) is 15.0. The second kappa shape index (κ2) is 7.38. The number of morpholine rings is 1. The van der Waals surface area contributed by atoms with Crippen molar-refractivity contribution in [1.29, 1.82) is 0 Å². The van der Waals surface area contributed by atoms with Crippen molar-refractivity contribution >= 4 is 11.6 Å². The third-order valence-electron chi connectivity index (χ3n) is 3.27. The van der Waals surface area contributed by atoms with Crippen LogP contribution in [0.2, 0.25) is 0 Å². The summed E-state index contributed by atoms with van der Waals surface area (Å²) in [6.07, 6.45) is 0.168. The molecule has 0 bridgehead atoms. The molecule has 1 amide bonds. The molecule has 1 unspecified atom stereocenters. The quantitative estimate of drug-likeness (QED) is 0.838. The van der Waals surface area contributed by atoms with Crippen LogP contribution in [-0.4, -0.2) is 56.7 Å². The van der Waals surface area contributed by atoms with Gasteiger partial charge in [-0.05, 0) is 26.1 Å². The zero-order chi connectivity index (χ0) is 14.4. The number of anilines is 1. The fourth-order valence-corrected chi connectivity index (χ4v) is 2.23. The molecule has 1 aliphatic rings. The Labute approximate surface area is 120 Å². The predicted octanol–water partition coefficient (Wildman–Crippen LogP) is 0.854. The monoisotopic (exact) mass is 277 g/mol. The summed E-state index contributed by atoms with van der Waals surface area (Å²) in [6, 6.07) is 7.81. The van der Waals surface area contributed by atoms with E-state index in [1.165, 1.54) is 5.56 Å². The number of likely N-dealkylation sites (N-methyl/N-ethyl adjacent to an activating group) is 1. The lowest BCUT2D eigenvalue weighted by Gasteiger charge is -2.27. The van der Waals surface area contributed by atoms with E-state index in [0.29, 0.717) is 6.54 Å². The largest absolute Gasteiger partial charge is 0.374 e. The van der Waals surface area contributed by atoms with Gasteiger partial charge in [0.15, 0.2) is 0 Å². The van der Waals surface area contributed by atoms with E-state index < -0.39 is 0 Å². The average Bonchev–Trinajstić information content (AvgIpc) is 2.42. The molecule has 1 aliphatic heterocycles.